The van der Waals surface area contributed by atoms with Gasteiger partial charge in [0.2, 0.25) is 0 Å². The van der Waals surface area contributed by atoms with E-state index in [-0.39, 0.29) is 0 Å². The van der Waals surface area contributed by atoms with Gasteiger partial charge in [-0.05, 0) is 12.0 Å². The topological polar surface area (TPSA) is 25.2 Å². The van der Waals surface area contributed by atoms with Crippen molar-refractivity contribution in [2.75, 3.05) is 6.54 Å². The van der Waals surface area contributed by atoms with Crippen molar-refractivity contribution in [3.8, 4) is 0 Å². The highest BCUT2D eigenvalue weighted by atomic mass is 16.3. The maximum Gasteiger partial charge on any atom is 0.109 e. The SMILES string of the molecule is CCC(C)C1NCCc2occc21. The van der Waals surface area contributed by atoms with Crippen molar-refractivity contribution < 1.29 is 4.42 Å². The Bertz CT molecular complexity index is 279. The summed E-state index contributed by atoms with van der Waals surface area (Å²) in [5.41, 5.74) is 1.38. The molecule has 1 aliphatic heterocycles. The highest BCUT2D eigenvalue weighted by Gasteiger charge is 2.25. The maximum atomic E-state index is 5.44. The summed E-state index contributed by atoms with van der Waals surface area (Å²) >= 11 is 0. The minimum atomic E-state index is 0.507. The molecule has 0 bridgehead atoms. The van der Waals surface area contributed by atoms with Crippen LogP contribution >= 0.6 is 0 Å². The van der Waals surface area contributed by atoms with Crippen molar-refractivity contribution in [3.05, 3.63) is 23.7 Å². The molecule has 0 spiro atoms. The average molecular weight is 179 g/mol. The van der Waals surface area contributed by atoms with E-state index in [4.69, 9.17) is 4.42 Å². The van der Waals surface area contributed by atoms with E-state index in [0.717, 1.165) is 13.0 Å². The largest absolute Gasteiger partial charge is 0.469 e. The van der Waals surface area contributed by atoms with E-state index in [1.54, 1.807) is 0 Å². The standard InChI is InChI=1S/C11H17NO/c1-3-8(2)11-9-5-7-13-10(9)4-6-12-11/h5,7-8,11-12H,3-4,6H2,1-2H3. The minimum Gasteiger partial charge on any atom is -0.469 e. The maximum absolute atomic E-state index is 5.44. The Kier molecular flexibility index (Phi) is 2.40. The Labute approximate surface area is 79.3 Å². The lowest BCUT2D eigenvalue weighted by Crippen LogP contribution is -2.32. The molecular weight excluding hydrogens is 162 g/mol. The second kappa shape index (κ2) is 3.54. The van der Waals surface area contributed by atoms with Crippen LogP contribution in [0.3, 0.4) is 0 Å². The molecule has 2 heterocycles. The van der Waals surface area contributed by atoms with Gasteiger partial charge in [0.25, 0.3) is 0 Å². The monoisotopic (exact) mass is 179 g/mol. The summed E-state index contributed by atoms with van der Waals surface area (Å²) in [6.07, 6.45) is 4.06. The molecule has 2 atom stereocenters. The van der Waals surface area contributed by atoms with E-state index in [1.165, 1.54) is 17.7 Å². The molecule has 0 amide bonds. The zero-order chi connectivity index (χ0) is 9.26. The van der Waals surface area contributed by atoms with Crippen LogP contribution in [0.25, 0.3) is 0 Å². The zero-order valence-corrected chi connectivity index (χ0v) is 8.34. The van der Waals surface area contributed by atoms with Gasteiger partial charge < -0.3 is 9.73 Å². The Morgan fingerprint density at radius 2 is 2.54 bits per heavy atom. The number of rotatable bonds is 2. The van der Waals surface area contributed by atoms with E-state index in [1.807, 2.05) is 6.26 Å². The molecule has 0 aliphatic carbocycles. The average Bonchev–Trinajstić information content (AvgIpc) is 2.63. The van der Waals surface area contributed by atoms with Crippen molar-refractivity contribution in [1.82, 2.24) is 5.32 Å². The molecule has 1 aliphatic rings. The third-order valence-electron chi connectivity index (χ3n) is 3.04. The first-order chi connectivity index (χ1) is 6.33. The molecule has 2 unspecified atom stereocenters. The first-order valence-corrected chi connectivity index (χ1v) is 5.12. The van der Waals surface area contributed by atoms with Gasteiger partial charge >= 0.3 is 0 Å². The zero-order valence-electron chi connectivity index (χ0n) is 8.34. The second-order valence-corrected chi connectivity index (χ2v) is 3.87. The van der Waals surface area contributed by atoms with Crippen LogP contribution in [0.2, 0.25) is 0 Å². The number of nitrogens with one attached hydrogen (secondary N) is 1. The minimum absolute atomic E-state index is 0.507. The van der Waals surface area contributed by atoms with Crippen molar-refractivity contribution >= 4 is 0 Å². The van der Waals surface area contributed by atoms with Crippen LogP contribution in [-0.2, 0) is 6.42 Å². The second-order valence-electron chi connectivity index (χ2n) is 3.87. The molecule has 13 heavy (non-hydrogen) atoms. The van der Waals surface area contributed by atoms with Crippen molar-refractivity contribution in [2.24, 2.45) is 5.92 Å². The van der Waals surface area contributed by atoms with Crippen LogP contribution < -0.4 is 5.32 Å². The van der Waals surface area contributed by atoms with Crippen LogP contribution in [0, 0.1) is 5.92 Å². The van der Waals surface area contributed by atoms with Crippen molar-refractivity contribution in [2.45, 2.75) is 32.7 Å². The molecular formula is C11H17NO. The van der Waals surface area contributed by atoms with Crippen LogP contribution in [0.15, 0.2) is 16.7 Å². The Morgan fingerprint density at radius 1 is 1.69 bits per heavy atom. The van der Waals surface area contributed by atoms with E-state index in [2.05, 4.69) is 25.2 Å². The van der Waals surface area contributed by atoms with E-state index < -0.39 is 0 Å². The molecule has 1 aromatic heterocycles. The summed E-state index contributed by atoms with van der Waals surface area (Å²) in [5, 5.41) is 3.55. The molecule has 0 fully saturated rings. The molecule has 0 aromatic carbocycles. The lowest BCUT2D eigenvalue weighted by Gasteiger charge is -2.27. The quantitative estimate of drug-likeness (QED) is 0.754. The molecule has 2 nitrogen and oxygen atoms in total. The van der Waals surface area contributed by atoms with Crippen molar-refractivity contribution in [3.63, 3.8) is 0 Å². The molecule has 2 heteroatoms. The molecule has 0 saturated heterocycles. The predicted molar refractivity (Wildman–Crippen MR) is 52.6 cm³/mol. The van der Waals surface area contributed by atoms with Crippen LogP contribution in [0.4, 0.5) is 0 Å². The Morgan fingerprint density at radius 3 is 3.31 bits per heavy atom. The van der Waals surface area contributed by atoms with E-state index >= 15 is 0 Å². The van der Waals surface area contributed by atoms with Gasteiger partial charge in [-0.15, -0.1) is 0 Å². The van der Waals surface area contributed by atoms with Crippen LogP contribution in [0.1, 0.15) is 37.6 Å². The van der Waals surface area contributed by atoms with Crippen LogP contribution in [0.5, 0.6) is 0 Å². The van der Waals surface area contributed by atoms with Crippen molar-refractivity contribution in [1.29, 1.82) is 0 Å². The Balaban J connectivity index is 2.24. The first kappa shape index (κ1) is 8.82. The summed E-state index contributed by atoms with van der Waals surface area (Å²) in [5.74, 6) is 1.88. The number of hydrogen-bond acceptors (Lipinski definition) is 2. The molecule has 0 radical (unpaired) electrons. The third-order valence-corrected chi connectivity index (χ3v) is 3.04. The first-order valence-electron chi connectivity index (χ1n) is 5.12. The number of fused-ring (bicyclic) bond motifs is 1. The molecule has 72 valence electrons. The number of furan rings is 1. The molecule has 1 N–H and O–H groups in total. The summed E-state index contributed by atoms with van der Waals surface area (Å²) in [6.45, 7) is 5.58. The number of hydrogen-bond donors (Lipinski definition) is 1. The summed E-state index contributed by atoms with van der Waals surface area (Å²) in [7, 11) is 0. The lowest BCUT2D eigenvalue weighted by molar-refractivity contribution is 0.344. The van der Waals surface area contributed by atoms with E-state index in [0.29, 0.717) is 12.0 Å². The van der Waals surface area contributed by atoms with Gasteiger partial charge in [0.05, 0.1) is 6.26 Å². The molecule has 2 rings (SSSR count). The fourth-order valence-electron chi connectivity index (χ4n) is 2.03. The van der Waals surface area contributed by atoms with Gasteiger partial charge in [0.1, 0.15) is 5.76 Å². The summed E-state index contributed by atoms with van der Waals surface area (Å²) < 4.78 is 5.44. The smallest absolute Gasteiger partial charge is 0.109 e. The highest BCUT2D eigenvalue weighted by Crippen LogP contribution is 2.30. The van der Waals surface area contributed by atoms with E-state index in [9.17, 15) is 0 Å². The van der Waals surface area contributed by atoms with Gasteiger partial charge in [-0.2, -0.15) is 0 Å². The van der Waals surface area contributed by atoms with Gasteiger partial charge in [-0.25, -0.2) is 0 Å². The van der Waals surface area contributed by atoms with Gasteiger partial charge in [0.15, 0.2) is 0 Å². The lowest BCUT2D eigenvalue weighted by atomic mass is 9.90. The van der Waals surface area contributed by atoms with Crippen LogP contribution in [-0.4, -0.2) is 6.54 Å². The highest BCUT2D eigenvalue weighted by molar-refractivity contribution is 5.24. The molecule has 0 saturated carbocycles. The molecule has 1 aromatic rings. The predicted octanol–water partition coefficient (Wildman–Crippen LogP) is 2.51. The van der Waals surface area contributed by atoms with Gasteiger partial charge in [-0.3, -0.25) is 0 Å². The summed E-state index contributed by atoms with van der Waals surface area (Å²) in [4.78, 5) is 0. The Hall–Kier alpha value is -0.760. The summed E-state index contributed by atoms with van der Waals surface area (Å²) in [6, 6.07) is 2.62. The fraction of sp³-hybridized carbons (Fsp3) is 0.636. The fourth-order valence-corrected chi connectivity index (χ4v) is 2.03. The van der Waals surface area contributed by atoms with Gasteiger partial charge in [0, 0.05) is 24.6 Å². The third kappa shape index (κ3) is 1.51. The van der Waals surface area contributed by atoms with Gasteiger partial charge in [-0.1, -0.05) is 20.3 Å². The normalized spacial score (nSPS) is 24.0.